The molecule has 0 spiro atoms. The smallest absolute Gasteiger partial charge is 0.318 e. The van der Waals surface area contributed by atoms with Crippen LogP contribution in [0.2, 0.25) is 0 Å². The van der Waals surface area contributed by atoms with Crippen molar-refractivity contribution in [2.75, 3.05) is 0 Å². The largest absolute Gasteiger partial charge is 0.471 e. The van der Waals surface area contributed by atoms with Gasteiger partial charge in [-0.15, -0.1) is 0 Å². The fraction of sp³-hybridized carbons (Fsp3) is 0.458. The number of ether oxygens (including phenoxy) is 1. The van der Waals surface area contributed by atoms with E-state index < -0.39 is 6.23 Å². The molecule has 0 saturated carbocycles. The highest BCUT2D eigenvalue weighted by Gasteiger charge is 2.16. The molecule has 0 fully saturated rings. The van der Waals surface area contributed by atoms with E-state index in [9.17, 15) is 4.79 Å². The molecule has 0 aliphatic heterocycles. The standard InChI is InChI=1S/C24H32N2O2/c1-16(2)22-11-7-8-12-23(22)28-18(4)26-24(27)25-17(3)20-14-13-19-9-5-6-10-21(19)15-20/h7-8,11-18H,5-6,9-10H2,1-4H3,(H2,25,26,27). The number of fused-ring (bicyclic) bond motifs is 1. The van der Waals surface area contributed by atoms with Gasteiger partial charge in [0.15, 0.2) is 6.23 Å². The number of urea groups is 1. The van der Waals surface area contributed by atoms with E-state index in [1.165, 1.54) is 30.4 Å². The molecule has 1 aliphatic rings. The van der Waals surface area contributed by atoms with Crippen molar-refractivity contribution in [3.05, 3.63) is 64.7 Å². The quantitative estimate of drug-likeness (QED) is 0.653. The Hall–Kier alpha value is -2.49. The fourth-order valence-electron chi connectivity index (χ4n) is 3.81. The highest BCUT2D eigenvalue weighted by Crippen LogP contribution is 2.27. The Bertz CT molecular complexity index is 816. The van der Waals surface area contributed by atoms with E-state index in [1.54, 1.807) is 0 Å². The van der Waals surface area contributed by atoms with Crippen LogP contribution >= 0.6 is 0 Å². The van der Waals surface area contributed by atoms with Crippen LogP contribution in [0, 0.1) is 0 Å². The van der Waals surface area contributed by atoms with E-state index >= 15 is 0 Å². The third-order valence-corrected chi connectivity index (χ3v) is 5.40. The van der Waals surface area contributed by atoms with Gasteiger partial charge in [-0.25, -0.2) is 4.79 Å². The molecule has 28 heavy (non-hydrogen) atoms. The van der Waals surface area contributed by atoms with Crippen molar-refractivity contribution in [1.82, 2.24) is 10.6 Å². The van der Waals surface area contributed by atoms with Crippen LogP contribution in [-0.4, -0.2) is 12.3 Å². The Balaban J connectivity index is 1.56. The minimum Gasteiger partial charge on any atom is -0.471 e. The summed E-state index contributed by atoms with van der Waals surface area (Å²) in [5, 5.41) is 5.91. The first-order valence-electron chi connectivity index (χ1n) is 10.4. The van der Waals surface area contributed by atoms with E-state index in [2.05, 4.69) is 48.7 Å². The number of carbonyl (C=O) groups is 1. The van der Waals surface area contributed by atoms with Gasteiger partial charge in [-0.2, -0.15) is 0 Å². The Labute approximate surface area is 168 Å². The summed E-state index contributed by atoms with van der Waals surface area (Å²) in [6.45, 7) is 8.13. The topological polar surface area (TPSA) is 50.4 Å². The number of rotatable bonds is 6. The number of hydrogen-bond acceptors (Lipinski definition) is 2. The molecular weight excluding hydrogens is 348 g/mol. The van der Waals surface area contributed by atoms with Gasteiger partial charge in [0.2, 0.25) is 0 Å². The SMILES string of the molecule is CC(NC(=O)NC(C)c1ccc2c(c1)CCCC2)Oc1ccccc1C(C)C. The summed E-state index contributed by atoms with van der Waals surface area (Å²) in [6, 6.07) is 14.3. The lowest BCUT2D eigenvalue weighted by Crippen LogP contribution is -2.44. The van der Waals surface area contributed by atoms with E-state index in [-0.39, 0.29) is 12.1 Å². The zero-order chi connectivity index (χ0) is 20.1. The van der Waals surface area contributed by atoms with Crippen LogP contribution in [0.3, 0.4) is 0 Å². The molecule has 4 heteroatoms. The third kappa shape index (κ3) is 5.06. The second-order valence-electron chi connectivity index (χ2n) is 8.03. The first kappa shape index (κ1) is 20.2. The van der Waals surface area contributed by atoms with E-state index in [0.29, 0.717) is 5.92 Å². The lowest BCUT2D eigenvalue weighted by molar-refractivity contribution is 0.174. The molecule has 2 aromatic rings. The van der Waals surface area contributed by atoms with Gasteiger partial charge in [-0.1, -0.05) is 50.2 Å². The zero-order valence-corrected chi connectivity index (χ0v) is 17.4. The van der Waals surface area contributed by atoms with Crippen molar-refractivity contribution in [3.8, 4) is 5.75 Å². The highest BCUT2D eigenvalue weighted by molar-refractivity contribution is 5.74. The lowest BCUT2D eigenvalue weighted by atomic mass is 9.89. The van der Waals surface area contributed by atoms with Gasteiger partial charge in [0, 0.05) is 0 Å². The van der Waals surface area contributed by atoms with E-state index in [1.807, 2.05) is 32.0 Å². The molecule has 150 valence electrons. The Morgan fingerprint density at radius 2 is 1.64 bits per heavy atom. The Morgan fingerprint density at radius 3 is 2.39 bits per heavy atom. The first-order chi connectivity index (χ1) is 13.4. The van der Waals surface area contributed by atoms with Gasteiger partial charge in [-0.05, 0) is 73.8 Å². The summed E-state index contributed by atoms with van der Waals surface area (Å²) in [7, 11) is 0. The van der Waals surface area contributed by atoms with Crippen LogP contribution in [0.4, 0.5) is 4.79 Å². The van der Waals surface area contributed by atoms with Crippen molar-refractivity contribution in [3.63, 3.8) is 0 Å². The predicted octanol–water partition coefficient (Wildman–Crippen LogP) is 5.47. The normalized spacial score (nSPS) is 15.5. The van der Waals surface area contributed by atoms with Crippen LogP contribution in [0.5, 0.6) is 5.75 Å². The molecule has 0 heterocycles. The minimum absolute atomic E-state index is 0.0534. The molecule has 0 saturated heterocycles. The van der Waals surface area contributed by atoms with Gasteiger partial charge in [-0.3, -0.25) is 0 Å². The number of nitrogens with one attached hydrogen (secondary N) is 2. The number of carbonyl (C=O) groups excluding carboxylic acids is 1. The second-order valence-corrected chi connectivity index (χ2v) is 8.03. The molecule has 0 radical (unpaired) electrons. The number of benzene rings is 2. The molecule has 2 aromatic carbocycles. The van der Waals surface area contributed by atoms with Gasteiger partial charge >= 0.3 is 6.03 Å². The van der Waals surface area contributed by atoms with Crippen LogP contribution in [0.1, 0.15) is 74.8 Å². The highest BCUT2D eigenvalue weighted by atomic mass is 16.5. The number of aryl methyl sites for hydroxylation is 2. The molecule has 2 N–H and O–H groups in total. The molecule has 4 nitrogen and oxygen atoms in total. The van der Waals surface area contributed by atoms with Crippen molar-refractivity contribution >= 4 is 6.03 Å². The Morgan fingerprint density at radius 1 is 0.929 bits per heavy atom. The minimum atomic E-state index is -0.421. The van der Waals surface area contributed by atoms with Gasteiger partial charge in [0.05, 0.1) is 6.04 Å². The summed E-state index contributed by atoms with van der Waals surface area (Å²) in [5.41, 5.74) is 5.17. The fourth-order valence-corrected chi connectivity index (χ4v) is 3.81. The molecule has 2 amide bonds. The van der Waals surface area contributed by atoms with E-state index in [4.69, 9.17) is 4.74 Å². The van der Waals surface area contributed by atoms with Crippen molar-refractivity contribution in [2.24, 2.45) is 0 Å². The lowest BCUT2D eigenvalue weighted by Gasteiger charge is -2.22. The maximum atomic E-state index is 12.4. The van der Waals surface area contributed by atoms with Crippen molar-refractivity contribution < 1.29 is 9.53 Å². The second kappa shape index (κ2) is 9.13. The molecule has 1 aliphatic carbocycles. The Kier molecular flexibility index (Phi) is 6.61. The number of para-hydroxylation sites is 1. The van der Waals surface area contributed by atoms with Gasteiger partial charge in [0.25, 0.3) is 0 Å². The van der Waals surface area contributed by atoms with Crippen molar-refractivity contribution in [1.29, 1.82) is 0 Å². The van der Waals surface area contributed by atoms with Gasteiger partial charge in [0.1, 0.15) is 5.75 Å². The van der Waals surface area contributed by atoms with Crippen LogP contribution in [0.25, 0.3) is 0 Å². The predicted molar refractivity (Wildman–Crippen MR) is 114 cm³/mol. The third-order valence-electron chi connectivity index (χ3n) is 5.40. The average molecular weight is 381 g/mol. The van der Waals surface area contributed by atoms with Crippen LogP contribution in [-0.2, 0) is 12.8 Å². The van der Waals surface area contributed by atoms with Crippen LogP contribution < -0.4 is 15.4 Å². The van der Waals surface area contributed by atoms with Crippen molar-refractivity contribution in [2.45, 2.75) is 71.6 Å². The summed E-state index contributed by atoms with van der Waals surface area (Å²) < 4.78 is 5.97. The van der Waals surface area contributed by atoms with Gasteiger partial charge < -0.3 is 15.4 Å². The molecule has 2 atom stereocenters. The maximum absolute atomic E-state index is 12.4. The van der Waals surface area contributed by atoms with E-state index in [0.717, 1.165) is 23.3 Å². The molecular formula is C24H32N2O2. The van der Waals surface area contributed by atoms with Crippen LogP contribution in [0.15, 0.2) is 42.5 Å². The summed E-state index contributed by atoms with van der Waals surface area (Å²) >= 11 is 0. The summed E-state index contributed by atoms with van der Waals surface area (Å²) in [4.78, 5) is 12.4. The first-order valence-corrected chi connectivity index (χ1v) is 10.4. The average Bonchev–Trinajstić information content (AvgIpc) is 2.67. The molecule has 3 rings (SSSR count). The maximum Gasteiger partial charge on any atom is 0.318 e. The number of amides is 2. The molecule has 2 unspecified atom stereocenters. The number of hydrogen-bond donors (Lipinski definition) is 2. The summed E-state index contributed by atoms with van der Waals surface area (Å²) in [5.74, 6) is 1.18. The monoisotopic (exact) mass is 380 g/mol. The molecule has 0 aromatic heterocycles. The summed E-state index contributed by atoms with van der Waals surface area (Å²) in [6.07, 6.45) is 4.43. The zero-order valence-electron chi connectivity index (χ0n) is 17.4. The molecule has 0 bridgehead atoms.